The Morgan fingerprint density at radius 1 is 1.58 bits per heavy atom. The number of nitrogens with two attached hydrogens (primary N) is 1. The fourth-order valence-corrected chi connectivity index (χ4v) is 0.829. The van der Waals surface area contributed by atoms with Crippen LogP contribution in [-0.4, -0.2) is 24.6 Å². The van der Waals surface area contributed by atoms with Crippen LogP contribution in [0.1, 0.15) is 5.56 Å². The second-order valence-electron chi connectivity index (χ2n) is 2.18. The number of aliphatic imine (C=N–C) groups is 2. The van der Waals surface area contributed by atoms with Crippen molar-refractivity contribution in [2.75, 3.05) is 12.8 Å². The van der Waals surface area contributed by atoms with E-state index in [2.05, 4.69) is 21.7 Å². The summed E-state index contributed by atoms with van der Waals surface area (Å²) in [6.07, 6.45) is 1.62. The van der Waals surface area contributed by atoms with Crippen LogP contribution in [0.5, 0.6) is 0 Å². The number of anilines is 1. The molecule has 0 saturated carbocycles. The van der Waals surface area contributed by atoms with Gasteiger partial charge in [-0.15, -0.1) is 0 Å². The van der Waals surface area contributed by atoms with Gasteiger partial charge in [-0.25, -0.2) is 9.98 Å². The standard InChI is InChI=1S/C8H10N4/c1-10-8(11-2)6-3-4-7(9)12-5-6/h3-5H,1H2,2H3,(H2,9,12). The van der Waals surface area contributed by atoms with Crippen LogP contribution < -0.4 is 5.73 Å². The van der Waals surface area contributed by atoms with E-state index in [9.17, 15) is 0 Å². The Morgan fingerprint density at radius 3 is 2.75 bits per heavy atom. The molecule has 1 rings (SSSR count). The first kappa shape index (κ1) is 8.39. The fraction of sp³-hybridized carbons (Fsp3) is 0.125. The summed E-state index contributed by atoms with van der Waals surface area (Å²) in [6.45, 7) is 3.39. The molecule has 0 bridgehead atoms. The molecule has 0 saturated heterocycles. The fourth-order valence-electron chi connectivity index (χ4n) is 0.829. The Balaban J connectivity index is 3.04. The largest absolute Gasteiger partial charge is 0.384 e. The van der Waals surface area contributed by atoms with Crippen molar-refractivity contribution in [2.24, 2.45) is 9.98 Å². The third-order valence-electron chi connectivity index (χ3n) is 1.41. The average Bonchev–Trinajstić information content (AvgIpc) is 2.10. The van der Waals surface area contributed by atoms with Gasteiger partial charge < -0.3 is 5.73 Å². The van der Waals surface area contributed by atoms with Crippen molar-refractivity contribution in [3.05, 3.63) is 23.9 Å². The smallest absolute Gasteiger partial charge is 0.155 e. The van der Waals surface area contributed by atoms with Crippen LogP contribution in [0.25, 0.3) is 0 Å². The summed E-state index contributed by atoms with van der Waals surface area (Å²) in [7, 11) is 1.65. The summed E-state index contributed by atoms with van der Waals surface area (Å²) < 4.78 is 0. The summed E-state index contributed by atoms with van der Waals surface area (Å²) in [5.41, 5.74) is 6.23. The predicted octanol–water partition coefficient (Wildman–Crippen LogP) is 0.741. The second kappa shape index (κ2) is 3.61. The lowest BCUT2D eigenvalue weighted by Gasteiger charge is -1.98. The lowest BCUT2D eigenvalue weighted by atomic mass is 10.2. The zero-order chi connectivity index (χ0) is 8.97. The lowest BCUT2D eigenvalue weighted by Crippen LogP contribution is -1.98. The number of hydrogen-bond donors (Lipinski definition) is 1. The lowest BCUT2D eigenvalue weighted by molar-refractivity contribution is 1.30. The van der Waals surface area contributed by atoms with E-state index in [-0.39, 0.29) is 0 Å². The first-order valence-corrected chi connectivity index (χ1v) is 3.43. The maximum absolute atomic E-state index is 5.41. The van der Waals surface area contributed by atoms with Gasteiger partial charge in [0, 0.05) is 18.8 Å². The number of aromatic nitrogens is 1. The van der Waals surface area contributed by atoms with Gasteiger partial charge >= 0.3 is 0 Å². The predicted molar refractivity (Wildman–Crippen MR) is 50.7 cm³/mol. The molecule has 1 aromatic rings. The molecule has 0 amide bonds. The van der Waals surface area contributed by atoms with Crippen LogP contribution >= 0.6 is 0 Å². The molecule has 4 nitrogen and oxygen atoms in total. The molecule has 0 aliphatic heterocycles. The van der Waals surface area contributed by atoms with Gasteiger partial charge in [-0.2, -0.15) is 0 Å². The maximum Gasteiger partial charge on any atom is 0.155 e. The molecule has 12 heavy (non-hydrogen) atoms. The van der Waals surface area contributed by atoms with Crippen LogP contribution in [0, 0.1) is 0 Å². The summed E-state index contributed by atoms with van der Waals surface area (Å²) >= 11 is 0. The Bertz CT molecular complexity index is 299. The van der Waals surface area contributed by atoms with Crippen molar-refractivity contribution >= 4 is 18.4 Å². The van der Waals surface area contributed by atoms with Crippen molar-refractivity contribution < 1.29 is 0 Å². The molecule has 0 aliphatic carbocycles. The Labute approximate surface area is 70.9 Å². The third kappa shape index (κ3) is 1.66. The first-order valence-electron chi connectivity index (χ1n) is 3.43. The number of hydrogen-bond acceptors (Lipinski definition) is 3. The third-order valence-corrected chi connectivity index (χ3v) is 1.41. The van der Waals surface area contributed by atoms with Gasteiger partial charge in [0.2, 0.25) is 0 Å². The van der Waals surface area contributed by atoms with Crippen LogP contribution in [-0.2, 0) is 0 Å². The average molecular weight is 162 g/mol. The first-order chi connectivity index (χ1) is 5.77. The van der Waals surface area contributed by atoms with Gasteiger partial charge in [-0.1, -0.05) is 0 Å². The summed E-state index contributed by atoms with van der Waals surface area (Å²) in [5.74, 6) is 1.06. The highest BCUT2D eigenvalue weighted by Crippen LogP contribution is 2.03. The molecule has 0 unspecified atom stereocenters. The van der Waals surface area contributed by atoms with Crippen molar-refractivity contribution in [2.45, 2.75) is 0 Å². The SMILES string of the molecule is C=NC(=NC)c1ccc(N)nc1. The van der Waals surface area contributed by atoms with Crippen molar-refractivity contribution in [3.8, 4) is 0 Å². The molecule has 0 aliphatic rings. The number of rotatable bonds is 1. The zero-order valence-corrected chi connectivity index (χ0v) is 6.86. The van der Waals surface area contributed by atoms with Gasteiger partial charge in [-0.05, 0) is 18.9 Å². The Hall–Kier alpha value is -1.71. The normalized spacial score (nSPS) is 11.2. The quantitative estimate of drug-likeness (QED) is 0.489. The molecule has 0 atom stereocenters. The Morgan fingerprint density at radius 2 is 2.33 bits per heavy atom. The van der Waals surface area contributed by atoms with Crippen LogP contribution in [0.2, 0.25) is 0 Å². The number of nitrogens with zero attached hydrogens (tertiary/aromatic N) is 3. The second-order valence-corrected chi connectivity index (χ2v) is 2.18. The number of pyridine rings is 1. The van der Waals surface area contributed by atoms with Gasteiger partial charge in [-0.3, -0.25) is 4.99 Å². The van der Waals surface area contributed by atoms with E-state index >= 15 is 0 Å². The van der Waals surface area contributed by atoms with Crippen molar-refractivity contribution in [3.63, 3.8) is 0 Å². The minimum absolute atomic E-state index is 0.485. The van der Waals surface area contributed by atoms with Crippen molar-refractivity contribution in [1.82, 2.24) is 4.98 Å². The van der Waals surface area contributed by atoms with E-state index in [1.54, 1.807) is 25.4 Å². The summed E-state index contributed by atoms with van der Waals surface area (Å²) in [5, 5.41) is 0. The highest BCUT2D eigenvalue weighted by atomic mass is 14.9. The molecule has 2 N–H and O–H groups in total. The molecule has 0 fully saturated rings. The van der Waals surface area contributed by atoms with Crippen LogP contribution in [0.15, 0.2) is 28.3 Å². The summed E-state index contributed by atoms with van der Waals surface area (Å²) in [4.78, 5) is 11.5. The molecule has 0 aromatic carbocycles. The van der Waals surface area contributed by atoms with E-state index in [0.717, 1.165) is 5.56 Å². The molecule has 1 aromatic heterocycles. The van der Waals surface area contributed by atoms with Gasteiger partial charge in [0.1, 0.15) is 5.82 Å². The molecule has 0 spiro atoms. The van der Waals surface area contributed by atoms with Gasteiger partial charge in [0.05, 0.1) is 0 Å². The zero-order valence-electron chi connectivity index (χ0n) is 6.86. The highest BCUT2D eigenvalue weighted by Gasteiger charge is 1.98. The number of amidine groups is 1. The van der Waals surface area contributed by atoms with Gasteiger partial charge in [0.15, 0.2) is 5.84 Å². The minimum Gasteiger partial charge on any atom is -0.384 e. The molecule has 1 heterocycles. The summed E-state index contributed by atoms with van der Waals surface area (Å²) in [6, 6.07) is 3.50. The van der Waals surface area contributed by atoms with E-state index in [1.165, 1.54) is 0 Å². The molecular weight excluding hydrogens is 152 g/mol. The monoisotopic (exact) mass is 162 g/mol. The molecule has 4 heteroatoms. The van der Waals surface area contributed by atoms with Gasteiger partial charge in [0.25, 0.3) is 0 Å². The van der Waals surface area contributed by atoms with Crippen molar-refractivity contribution in [1.29, 1.82) is 0 Å². The molecular formula is C8H10N4. The van der Waals surface area contributed by atoms with E-state index in [0.29, 0.717) is 11.7 Å². The topological polar surface area (TPSA) is 63.6 Å². The molecule has 62 valence electrons. The van der Waals surface area contributed by atoms with E-state index in [1.807, 2.05) is 0 Å². The van der Waals surface area contributed by atoms with Crippen LogP contribution in [0.4, 0.5) is 5.82 Å². The van der Waals surface area contributed by atoms with E-state index in [4.69, 9.17) is 5.73 Å². The highest BCUT2D eigenvalue weighted by molar-refractivity contribution is 6.01. The maximum atomic E-state index is 5.41. The minimum atomic E-state index is 0.485. The van der Waals surface area contributed by atoms with E-state index < -0.39 is 0 Å². The van der Waals surface area contributed by atoms with Crippen LogP contribution in [0.3, 0.4) is 0 Å². The molecule has 0 radical (unpaired) electrons. The number of nitrogen functional groups attached to an aromatic ring is 1. The Kier molecular flexibility index (Phi) is 2.53.